The molecule has 0 aromatic carbocycles. The topological polar surface area (TPSA) is 48.1 Å². The van der Waals surface area contributed by atoms with Gasteiger partial charge in [-0.3, -0.25) is 0 Å². The normalized spacial score (nSPS) is 9.18. The fraction of sp³-hybridized carbons (Fsp3) is 0.143. The van der Waals surface area contributed by atoms with Crippen LogP contribution in [0.1, 0.15) is 5.69 Å². The second-order valence-electron chi connectivity index (χ2n) is 1.93. The molecule has 0 radical (unpaired) electrons. The molecule has 1 rings (SSSR count). The van der Waals surface area contributed by atoms with Crippen molar-refractivity contribution in [2.45, 2.75) is 0 Å². The van der Waals surface area contributed by atoms with Crippen LogP contribution < -0.4 is 10.5 Å². The van der Waals surface area contributed by atoms with Crippen molar-refractivity contribution >= 4 is 17.2 Å². The van der Waals surface area contributed by atoms with Gasteiger partial charge in [0.25, 0.3) is 0 Å². The Bertz CT molecular complexity index is 275. The zero-order valence-electron chi connectivity index (χ0n) is 6.07. The lowest BCUT2D eigenvalue weighted by molar-refractivity contribution is 0.397. The molecule has 0 saturated heterocycles. The van der Waals surface area contributed by atoms with E-state index in [0.717, 1.165) is 0 Å². The van der Waals surface area contributed by atoms with Crippen LogP contribution >= 0.6 is 12.2 Å². The number of pyridine rings is 1. The van der Waals surface area contributed by atoms with E-state index in [0.29, 0.717) is 11.6 Å². The zero-order valence-corrected chi connectivity index (χ0v) is 6.89. The van der Waals surface area contributed by atoms with Crippen LogP contribution in [0.2, 0.25) is 0 Å². The lowest BCUT2D eigenvalue weighted by atomic mass is 10.3. The minimum Gasteiger partial charge on any atom is -0.481 e. The van der Waals surface area contributed by atoms with Gasteiger partial charge in [-0.1, -0.05) is 18.3 Å². The highest BCUT2D eigenvalue weighted by atomic mass is 32.1. The molecule has 1 heterocycles. The smallest absolute Gasteiger partial charge is 0.213 e. The number of nitrogens with zero attached hydrogens (tertiary/aromatic N) is 1. The van der Waals surface area contributed by atoms with Gasteiger partial charge < -0.3 is 10.5 Å². The summed E-state index contributed by atoms with van der Waals surface area (Å²) in [5.74, 6) is 0.523. The highest BCUT2D eigenvalue weighted by molar-refractivity contribution is 7.80. The standard InChI is InChI=1S/C7H8N2OS/c1-10-6-4-2-3-5(9-6)7(8)11/h2-4H,1H3,(H2,8,11). The minimum absolute atomic E-state index is 0.281. The Morgan fingerprint density at radius 2 is 2.36 bits per heavy atom. The summed E-state index contributed by atoms with van der Waals surface area (Å²) in [6.45, 7) is 0. The van der Waals surface area contributed by atoms with Crippen molar-refractivity contribution in [1.82, 2.24) is 4.98 Å². The van der Waals surface area contributed by atoms with E-state index in [1.807, 2.05) is 0 Å². The molecule has 0 fully saturated rings. The Labute approximate surface area is 70.2 Å². The summed E-state index contributed by atoms with van der Waals surface area (Å²) in [5, 5.41) is 0. The van der Waals surface area contributed by atoms with E-state index in [1.54, 1.807) is 25.3 Å². The summed E-state index contributed by atoms with van der Waals surface area (Å²) < 4.78 is 4.88. The summed E-state index contributed by atoms with van der Waals surface area (Å²) in [6, 6.07) is 5.27. The van der Waals surface area contributed by atoms with Gasteiger partial charge in [-0.2, -0.15) is 0 Å². The van der Waals surface area contributed by atoms with Crippen LogP contribution in [0.4, 0.5) is 0 Å². The summed E-state index contributed by atoms with van der Waals surface area (Å²) in [6.07, 6.45) is 0. The van der Waals surface area contributed by atoms with E-state index < -0.39 is 0 Å². The highest BCUT2D eigenvalue weighted by Gasteiger charge is 1.98. The van der Waals surface area contributed by atoms with Crippen LogP contribution in [0, 0.1) is 0 Å². The van der Waals surface area contributed by atoms with Gasteiger partial charge in [-0.25, -0.2) is 4.98 Å². The number of thiocarbonyl (C=S) groups is 1. The zero-order chi connectivity index (χ0) is 8.27. The molecule has 0 bridgehead atoms. The summed E-state index contributed by atoms with van der Waals surface area (Å²) in [4.78, 5) is 4.28. The average Bonchev–Trinajstić information content (AvgIpc) is 2.05. The van der Waals surface area contributed by atoms with E-state index >= 15 is 0 Å². The van der Waals surface area contributed by atoms with Gasteiger partial charge in [-0.15, -0.1) is 0 Å². The molecule has 58 valence electrons. The molecule has 2 N–H and O–H groups in total. The Kier molecular flexibility index (Phi) is 2.38. The van der Waals surface area contributed by atoms with Crippen molar-refractivity contribution in [3.8, 4) is 5.88 Å². The van der Waals surface area contributed by atoms with Crippen LogP contribution in [0.15, 0.2) is 18.2 Å². The van der Waals surface area contributed by atoms with Crippen molar-refractivity contribution in [3.63, 3.8) is 0 Å². The minimum atomic E-state index is 0.281. The van der Waals surface area contributed by atoms with E-state index in [1.165, 1.54) is 0 Å². The molecule has 1 aromatic heterocycles. The molecule has 0 amide bonds. The number of rotatable bonds is 2. The first-order valence-electron chi connectivity index (χ1n) is 3.05. The predicted molar refractivity (Wildman–Crippen MR) is 46.7 cm³/mol. The average molecular weight is 168 g/mol. The van der Waals surface area contributed by atoms with Crippen LogP contribution in [-0.4, -0.2) is 17.1 Å². The third-order valence-corrected chi connectivity index (χ3v) is 1.39. The molecule has 0 unspecified atom stereocenters. The Hall–Kier alpha value is -1.16. The first-order valence-corrected chi connectivity index (χ1v) is 3.45. The van der Waals surface area contributed by atoms with Crippen LogP contribution in [0.25, 0.3) is 0 Å². The van der Waals surface area contributed by atoms with Crippen LogP contribution in [-0.2, 0) is 0 Å². The first kappa shape index (κ1) is 7.94. The number of aromatic nitrogens is 1. The molecular weight excluding hydrogens is 160 g/mol. The number of ether oxygens (including phenoxy) is 1. The number of methoxy groups -OCH3 is 1. The Morgan fingerprint density at radius 3 is 2.91 bits per heavy atom. The molecule has 3 nitrogen and oxygen atoms in total. The second kappa shape index (κ2) is 3.30. The highest BCUT2D eigenvalue weighted by Crippen LogP contribution is 2.05. The summed E-state index contributed by atoms with van der Waals surface area (Å²) in [5.41, 5.74) is 5.93. The lowest BCUT2D eigenvalue weighted by Crippen LogP contribution is -2.11. The Balaban J connectivity index is 3.01. The summed E-state index contributed by atoms with van der Waals surface area (Å²) >= 11 is 4.73. The van der Waals surface area contributed by atoms with Crippen molar-refractivity contribution in [2.24, 2.45) is 5.73 Å². The van der Waals surface area contributed by atoms with Gasteiger partial charge in [0.1, 0.15) is 10.7 Å². The van der Waals surface area contributed by atoms with Crippen molar-refractivity contribution in [3.05, 3.63) is 23.9 Å². The Morgan fingerprint density at radius 1 is 1.64 bits per heavy atom. The maximum absolute atomic E-state index is 5.35. The van der Waals surface area contributed by atoms with E-state index in [2.05, 4.69) is 4.98 Å². The van der Waals surface area contributed by atoms with Gasteiger partial charge in [0.05, 0.1) is 7.11 Å². The SMILES string of the molecule is COc1cccc(C(N)=S)n1. The maximum Gasteiger partial charge on any atom is 0.213 e. The van der Waals surface area contributed by atoms with Gasteiger partial charge in [0, 0.05) is 6.07 Å². The number of hydrogen-bond donors (Lipinski definition) is 1. The molecule has 0 aliphatic heterocycles. The maximum atomic E-state index is 5.35. The van der Waals surface area contributed by atoms with Crippen molar-refractivity contribution in [2.75, 3.05) is 7.11 Å². The van der Waals surface area contributed by atoms with E-state index in [4.69, 9.17) is 22.7 Å². The molecule has 0 spiro atoms. The second-order valence-corrected chi connectivity index (χ2v) is 2.37. The predicted octanol–water partition coefficient (Wildman–Crippen LogP) is 0.724. The molecule has 0 atom stereocenters. The summed E-state index contributed by atoms with van der Waals surface area (Å²) in [7, 11) is 1.55. The van der Waals surface area contributed by atoms with Gasteiger partial charge in [0.15, 0.2) is 0 Å². The fourth-order valence-electron chi connectivity index (χ4n) is 0.666. The van der Waals surface area contributed by atoms with Gasteiger partial charge in [-0.05, 0) is 6.07 Å². The molecule has 0 saturated carbocycles. The third-order valence-electron chi connectivity index (χ3n) is 1.19. The van der Waals surface area contributed by atoms with Gasteiger partial charge in [0.2, 0.25) is 5.88 Å². The molecular formula is C7H8N2OS. The molecule has 4 heteroatoms. The monoisotopic (exact) mass is 168 g/mol. The molecule has 0 aliphatic rings. The number of hydrogen-bond acceptors (Lipinski definition) is 3. The first-order chi connectivity index (χ1) is 5.24. The number of nitrogens with two attached hydrogens (primary N) is 1. The van der Waals surface area contributed by atoms with Gasteiger partial charge >= 0.3 is 0 Å². The largest absolute Gasteiger partial charge is 0.481 e. The van der Waals surface area contributed by atoms with Crippen molar-refractivity contribution < 1.29 is 4.74 Å². The fourth-order valence-corrected chi connectivity index (χ4v) is 0.779. The quantitative estimate of drug-likeness (QED) is 0.661. The molecule has 0 aliphatic carbocycles. The van der Waals surface area contributed by atoms with Crippen LogP contribution in [0.3, 0.4) is 0 Å². The van der Waals surface area contributed by atoms with E-state index in [-0.39, 0.29) is 4.99 Å². The van der Waals surface area contributed by atoms with Crippen LogP contribution in [0.5, 0.6) is 5.88 Å². The third kappa shape index (κ3) is 1.88. The molecule has 11 heavy (non-hydrogen) atoms. The molecule has 1 aromatic rings. The van der Waals surface area contributed by atoms with Crippen molar-refractivity contribution in [1.29, 1.82) is 0 Å². The van der Waals surface area contributed by atoms with E-state index in [9.17, 15) is 0 Å². The lowest BCUT2D eigenvalue weighted by Gasteiger charge is -1.99.